The van der Waals surface area contributed by atoms with E-state index in [0.29, 0.717) is 5.56 Å². The van der Waals surface area contributed by atoms with Gasteiger partial charge in [-0.05, 0) is 50.2 Å². The van der Waals surface area contributed by atoms with Gasteiger partial charge in [0.15, 0.2) is 0 Å². The number of aryl methyl sites for hydroxylation is 2. The first-order valence-corrected chi connectivity index (χ1v) is 7.85. The number of nitrogens with zero attached hydrogens (tertiary/aromatic N) is 3. The van der Waals surface area contributed by atoms with E-state index in [9.17, 15) is 9.18 Å². The molecule has 3 aromatic heterocycles. The number of halogens is 1. The van der Waals surface area contributed by atoms with E-state index in [1.54, 1.807) is 24.3 Å². The normalized spacial score (nSPS) is 11.5. The minimum atomic E-state index is -0.246. The van der Waals surface area contributed by atoms with Crippen LogP contribution in [0.3, 0.4) is 0 Å². The molecule has 0 aliphatic rings. The maximum Gasteiger partial charge on any atom is 0.150 e. The maximum absolute atomic E-state index is 13.6. The van der Waals surface area contributed by atoms with Crippen molar-refractivity contribution in [1.29, 1.82) is 0 Å². The maximum atomic E-state index is 13.6. The van der Waals surface area contributed by atoms with E-state index in [4.69, 9.17) is 4.98 Å². The Bertz CT molecular complexity index is 1090. The number of hydrogen-bond donors (Lipinski definition) is 0. The molecule has 5 heteroatoms. The Morgan fingerprint density at radius 1 is 1.21 bits per heavy atom. The Kier molecular flexibility index (Phi) is 3.23. The third-order valence-corrected chi connectivity index (χ3v) is 4.45. The Morgan fingerprint density at radius 3 is 2.79 bits per heavy atom. The van der Waals surface area contributed by atoms with Crippen molar-refractivity contribution in [1.82, 2.24) is 14.0 Å². The zero-order chi connectivity index (χ0) is 16.8. The van der Waals surface area contributed by atoms with E-state index in [1.807, 2.05) is 30.5 Å². The predicted octanol–water partition coefficient (Wildman–Crippen LogP) is 4.24. The second-order valence-corrected chi connectivity index (χ2v) is 5.83. The lowest BCUT2D eigenvalue weighted by molar-refractivity contribution is 0.112. The summed E-state index contributed by atoms with van der Waals surface area (Å²) < 4.78 is 17.7. The molecule has 1 aromatic carbocycles. The lowest BCUT2D eigenvalue weighted by Gasteiger charge is -2.07. The van der Waals surface area contributed by atoms with Crippen LogP contribution in [-0.2, 0) is 6.54 Å². The first-order chi connectivity index (χ1) is 11.6. The number of fused-ring (bicyclic) bond motifs is 2. The molecule has 0 fully saturated rings. The summed E-state index contributed by atoms with van der Waals surface area (Å²) in [5.41, 5.74) is 4.96. The Hall–Kier alpha value is -2.95. The zero-order valence-electron chi connectivity index (χ0n) is 13.5. The SMILES string of the molecule is CCn1c(-c2nc3cc(C=O)ccn3c2C)cc2ccc(F)cc21. The minimum absolute atomic E-state index is 0.246. The molecular formula is C19H16FN3O. The fraction of sp³-hybridized carbons (Fsp3) is 0.158. The van der Waals surface area contributed by atoms with Crippen molar-refractivity contribution in [3.8, 4) is 11.4 Å². The second kappa shape index (κ2) is 5.30. The molecular weight excluding hydrogens is 305 g/mol. The first kappa shape index (κ1) is 14.6. The summed E-state index contributed by atoms with van der Waals surface area (Å²) in [5, 5.41) is 0.985. The highest BCUT2D eigenvalue weighted by atomic mass is 19.1. The molecule has 0 spiro atoms. The van der Waals surface area contributed by atoms with Gasteiger partial charge in [0.05, 0.1) is 11.2 Å². The van der Waals surface area contributed by atoms with Gasteiger partial charge >= 0.3 is 0 Å². The molecule has 4 nitrogen and oxygen atoms in total. The first-order valence-electron chi connectivity index (χ1n) is 7.85. The monoisotopic (exact) mass is 321 g/mol. The van der Waals surface area contributed by atoms with E-state index in [1.165, 1.54) is 6.07 Å². The summed E-state index contributed by atoms with van der Waals surface area (Å²) in [4.78, 5) is 15.7. The fourth-order valence-electron chi connectivity index (χ4n) is 3.26. The van der Waals surface area contributed by atoms with E-state index >= 15 is 0 Å². The van der Waals surface area contributed by atoms with Crippen molar-refractivity contribution in [2.45, 2.75) is 20.4 Å². The number of carbonyl (C=O) groups excluding carboxylic acids is 1. The molecule has 24 heavy (non-hydrogen) atoms. The molecule has 0 amide bonds. The summed E-state index contributed by atoms with van der Waals surface area (Å²) >= 11 is 0. The number of carbonyl (C=O) groups is 1. The van der Waals surface area contributed by atoms with Crippen LogP contribution >= 0.6 is 0 Å². The van der Waals surface area contributed by atoms with E-state index in [-0.39, 0.29) is 5.82 Å². The number of benzene rings is 1. The number of aldehydes is 1. The van der Waals surface area contributed by atoms with Crippen LogP contribution in [0.5, 0.6) is 0 Å². The molecule has 0 atom stereocenters. The van der Waals surface area contributed by atoms with Crippen LogP contribution in [-0.4, -0.2) is 20.2 Å². The molecule has 0 saturated heterocycles. The molecule has 0 aliphatic heterocycles. The predicted molar refractivity (Wildman–Crippen MR) is 91.9 cm³/mol. The molecule has 0 N–H and O–H groups in total. The molecule has 0 radical (unpaired) electrons. The lowest BCUT2D eigenvalue weighted by Crippen LogP contribution is -1.98. The quantitative estimate of drug-likeness (QED) is 0.530. The highest BCUT2D eigenvalue weighted by molar-refractivity contribution is 5.87. The second-order valence-electron chi connectivity index (χ2n) is 5.83. The molecule has 4 aromatic rings. The van der Waals surface area contributed by atoms with Gasteiger partial charge in [-0.15, -0.1) is 0 Å². The van der Waals surface area contributed by atoms with Crippen LogP contribution in [0.15, 0.2) is 42.6 Å². The molecule has 0 bridgehead atoms. The minimum Gasteiger partial charge on any atom is -0.339 e. The third kappa shape index (κ3) is 2.05. The number of pyridine rings is 1. The number of rotatable bonds is 3. The molecule has 0 aliphatic carbocycles. The summed E-state index contributed by atoms with van der Waals surface area (Å²) in [5.74, 6) is -0.246. The fourth-order valence-corrected chi connectivity index (χ4v) is 3.26. The van der Waals surface area contributed by atoms with Crippen LogP contribution in [0.25, 0.3) is 27.9 Å². The van der Waals surface area contributed by atoms with E-state index in [2.05, 4.69) is 4.57 Å². The average Bonchev–Trinajstić information content (AvgIpc) is 3.11. The van der Waals surface area contributed by atoms with Gasteiger partial charge in [0.25, 0.3) is 0 Å². The largest absolute Gasteiger partial charge is 0.339 e. The highest BCUT2D eigenvalue weighted by Crippen LogP contribution is 2.31. The smallest absolute Gasteiger partial charge is 0.150 e. The van der Waals surface area contributed by atoms with Gasteiger partial charge in [0.2, 0.25) is 0 Å². The van der Waals surface area contributed by atoms with Crippen LogP contribution in [0.2, 0.25) is 0 Å². The summed E-state index contributed by atoms with van der Waals surface area (Å²) in [6.07, 6.45) is 2.67. The number of imidazole rings is 1. The highest BCUT2D eigenvalue weighted by Gasteiger charge is 2.17. The topological polar surface area (TPSA) is 39.3 Å². The number of aromatic nitrogens is 3. The van der Waals surface area contributed by atoms with Crippen molar-refractivity contribution in [2.24, 2.45) is 0 Å². The lowest BCUT2D eigenvalue weighted by atomic mass is 10.2. The molecule has 4 rings (SSSR count). The summed E-state index contributed by atoms with van der Waals surface area (Å²) in [6.45, 7) is 4.74. The third-order valence-electron chi connectivity index (χ3n) is 4.45. The van der Waals surface area contributed by atoms with Crippen molar-refractivity contribution in [2.75, 3.05) is 0 Å². The Labute approximate surface area is 138 Å². The number of hydrogen-bond acceptors (Lipinski definition) is 2. The molecule has 0 unspecified atom stereocenters. The van der Waals surface area contributed by atoms with Gasteiger partial charge in [-0.3, -0.25) is 4.79 Å². The van der Waals surface area contributed by atoms with Gasteiger partial charge in [0, 0.05) is 29.4 Å². The molecule has 120 valence electrons. The van der Waals surface area contributed by atoms with E-state index in [0.717, 1.165) is 46.5 Å². The van der Waals surface area contributed by atoms with Gasteiger partial charge in [-0.25, -0.2) is 9.37 Å². The standard InChI is InChI=1S/C19H16FN3O/c1-3-22-16-10-15(20)5-4-14(16)9-17(22)19-12(2)23-7-6-13(11-24)8-18(23)21-19/h4-11H,3H2,1-2H3. The van der Waals surface area contributed by atoms with Crippen molar-refractivity contribution in [3.63, 3.8) is 0 Å². The van der Waals surface area contributed by atoms with Gasteiger partial charge in [0.1, 0.15) is 23.4 Å². The van der Waals surface area contributed by atoms with Crippen LogP contribution in [0.1, 0.15) is 23.0 Å². The van der Waals surface area contributed by atoms with Gasteiger partial charge in [-0.1, -0.05) is 0 Å². The summed E-state index contributed by atoms with van der Waals surface area (Å²) in [7, 11) is 0. The van der Waals surface area contributed by atoms with Crippen LogP contribution < -0.4 is 0 Å². The zero-order valence-corrected chi connectivity index (χ0v) is 13.5. The van der Waals surface area contributed by atoms with Crippen molar-refractivity contribution in [3.05, 3.63) is 59.7 Å². The Morgan fingerprint density at radius 2 is 2.04 bits per heavy atom. The van der Waals surface area contributed by atoms with Crippen LogP contribution in [0.4, 0.5) is 4.39 Å². The van der Waals surface area contributed by atoms with Gasteiger partial charge in [-0.2, -0.15) is 0 Å². The van der Waals surface area contributed by atoms with Crippen molar-refractivity contribution >= 4 is 22.8 Å². The van der Waals surface area contributed by atoms with Crippen LogP contribution in [0, 0.1) is 12.7 Å². The molecule has 3 heterocycles. The average molecular weight is 321 g/mol. The van der Waals surface area contributed by atoms with Crippen molar-refractivity contribution < 1.29 is 9.18 Å². The Balaban J connectivity index is 2.02. The molecule has 0 saturated carbocycles. The summed E-state index contributed by atoms with van der Waals surface area (Å²) in [6, 6.07) is 10.4. The van der Waals surface area contributed by atoms with Gasteiger partial charge < -0.3 is 8.97 Å². The van der Waals surface area contributed by atoms with E-state index < -0.39 is 0 Å².